The minimum atomic E-state index is -3.47. The van der Waals surface area contributed by atoms with Gasteiger partial charge in [-0.25, -0.2) is 13.2 Å². The Kier molecular flexibility index (Phi) is 2.96. The van der Waals surface area contributed by atoms with E-state index in [2.05, 4.69) is 0 Å². The molecule has 1 rings (SSSR count). The monoisotopic (exact) mass is 243 g/mol. The number of carboxylic acid groups (broad SMARTS) is 1. The van der Waals surface area contributed by atoms with E-state index in [1.807, 2.05) is 0 Å². The Balaban J connectivity index is 3.74. The molecular weight excluding hydrogens is 230 g/mol. The molecule has 0 atom stereocenters. The molecule has 88 valence electrons. The van der Waals surface area contributed by atoms with Crippen LogP contribution in [0.1, 0.15) is 21.5 Å². The van der Waals surface area contributed by atoms with Crippen LogP contribution in [0.3, 0.4) is 0 Å². The van der Waals surface area contributed by atoms with E-state index in [-0.39, 0.29) is 16.1 Å². The average molecular weight is 243 g/mol. The van der Waals surface area contributed by atoms with Gasteiger partial charge in [0.2, 0.25) is 0 Å². The van der Waals surface area contributed by atoms with Crippen molar-refractivity contribution in [3.63, 3.8) is 0 Å². The van der Waals surface area contributed by atoms with Crippen LogP contribution in [0, 0.1) is 13.8 Å². The lowest BCUT2D eigenvalue weighted by Gasteiger charge is -2.12. The Bertz CT molecular complexity index is 561. The molecule has 1 aromatic rings. The van der Waals surface area contributed by atoms with Crippen LogP contribution in [-0.4, -0.2) is 25.7 Å². The summed E-state index contributed by atoms with van der Waals surface area (Å²) in [6.07, 6.45) is 1.02. The quantitative estimate of drug-likeness (QED) is 0.755. The van der Waals surface area contributed by atoms with E-state index in [0.717, 1.165) is 12.3 Å². The second-order valence-electron chi connectivity index (χ2n) is 3.66. The number of carboxylic acids is 1. The number of benzene rings is 1. The summed E-state index contributed by atoms with van der Waals surface area (Å²) >= 11 is 0. The molecule has 0 aromatic heterocycles. The summed E-state index contributed by atoms with van der Waals surface area (Å²) in [6.45, 7) is 3.11. The minimum absolute atomic E-state index is 0.0343. The predicted octanol–water partition coefficient (Wildman–Crippen LogP) is 0.987. The van der Waals surface area contributed by atoms with Gasteiger partial charge in [-0.2, -0.15) is 0 Å². The van der Waals surface area contributed by atoms with Crippen LogP contribution in [-0.2, 0) is 9.84 Å². The first-order chi connectivity index (χ1) is 7.16. The highest BCUT2D eigenvalue weighted by molar-refractivity contribution is 7.90. The van der Waals surface area contributed by atoms with E-state index >= 15 is 0 Å². The molecule has 0 saturated heterocycles. The molecule has 3 N–H and O–H groups in total. The van der Waals surface area contributed by atoms with E-state index in [9.17, 15) is 13.2 Å². The number of carbonyl (C=O) groups is 1. The number of nitrogen functional groups attached to an aromatic ring is 1. The molecule has 5 nitrogen and oxygen atoms in total. The van der Waals surface area contributed by atoms with E-state index in [1.165, 1.54) is 0 Å². The Morgan fingerprint density at radius 3 is 2.19 bits per heavy atom. The van der Waals surface area contributed by atoms with Gasteiger partial charge in [0.1, 0.15) is 0 Å². The summed E-state index contributed by atoms with van der Waals surface area (Å²) < 4.78 is 22.9. The zero-order valence-corrected chi connectivity index (χ0v) is 10.1. The van der Waals surface area contributed by atoms with Gasteiger partial charge in [-0.1, -0.05) is 0 Å². The third-order valence-electron chi connectivity index (χ3n) is 2.49. The smallest absolute Gasteiger partial charge is 0.336 e. The fraction of sp³-hybridized carbons (Fsp3) is 0.300. The van der Waals surface area contributed by atoms with Crippen molar-refractivity contribution in [1.29, 1.82) is 0 Å². The molecular formula is C10H13NO4S. The summed E-state index contributed by atoms with van der Waals surface area (Å²) in [5, 5.41) is 8.92. The normalized spacial score (nSPS) is 11.4. The van der Waals surface area contributed by atoms with E-state index in [1.54, 1.807) is 13.8 Å². The highest BCUT2D eigenvalue weighted by atomic mass is 32.2. The van der Waals surface area contributed by atoms with Crippen LogP contribution in [0.25, 0.3) is 0 Å². The third kappa shape index (κ3) is 2.01. The van der Waals surface area contributed by atoms with Gasteiger partial charge < -0.3 is 10.8 Å². The van der Waals surface area contributed by atoms with Crippen LogP contribution in [0.15, 0.2) is 11.0 Å². The molecule has 0 spiro atoms. The minimum Gasteiger partial charge on any atom is -0.478 e. The van der Waals surface area contributed by atoms with Gasteiger partial charge in [0.25, 0.3) is 0 Å². The summed E-state index contributed by atoms with van der Waals surface area (Å²) in [7, 11) is -3.47. The first-order valence-corrected chi connectivity index (χ1v) is 6.38. The molecule has 0 heterocycles. The van der Waals surface area contributed by atoms with Crippen molar-refractivity contribution in [2.75, 3.05) is 12.0 Å². The maximum Gasteiger partial charge on any atom is 0.336 e. The topological polar surface area (TPSA) is 97.5 Å². The molecule has 0 radical (unpaired) electrons. The molecule has 0 aliphatic carbocycles. The van der Waals surface area contributed by atoms with Gasteiger partial charge in [-0.3, -0.25) is 0 Å². The number of hydrogen-bond acceptors (Lipinski definition) is 4. The van der Waals surface area contributed by atoms with Crippen LogP contribution < -0.4 is 5.73 Å². The lowest BCUT2D eigenvalue weighted by atomic mass is 10.0. The van der Waals surface area contributed by atoms with Crippen LogP contribution in [0.5, 0.6) is 0 Å². The molecule has 1 aromatic carbocycles. The molecule has 0 aliphatic heterocycles. The summed E-state index contributed by atoms with van der Waals surface area (Å²) in [6, 6.07) is 1.15. The van der Waals surface area contributed by atoms with Gasteiger partial charge in [0.15, 0.2) is 9.84 Å². The van der Waals surface area contributed by atoms with Gasteiger partial charge >= 0.3 is 5.97 Å². The van der Waals surface area contributed by atoms with E-state index < -0.39 is 15.8 Å². The molecule has 6 heteroatoms. The van der Waals surface area contributed by atoms with Crippen molar-refractivity contribution >= 4 is 21.5 Å². The second-order valence-corrected chi connectivity index (χ2v) is 5.65. The predicted molar refractivity (Wildman–Crippen MR) is 60.4 cm³/mol. The second kappa shape index (κ2) is 3.79. The van der Waals surface area contributed by atoms with Crippen molar-refractivity contribution in [1.82, 2.24) is 0 Å². The largest absolute Gasteiger partial charge is 0.478 e. The summed E-state index contributed by atoms with van der Waals surface area (Å²) in [5.74, 6) is -1.19. The molecule has 0 saturated carbocycles. The maximum atomic E-state index is 11.4. The molecule has 0 fully saturated rings. The highest BCUT2D eigenvalue weighted by Crippen LogP contribution is 2.27. The van der Waals surface area contributed by atoms with Crippen molar-refractivity contribution in [2.24, 2.45) is 0 Å². The van der Waals surface area contributed by atoms with Gasteiger partial charge in [0.05, 0.1) is 10.5 Å². The number of anilines is 1. The number of hydrogen-bond donors (Lipinski definition) is 2. The molecule has 16 heavy (non-hydrogen) atoms. The number of sulfone groups is 1. The molecule has 0 bridgehead atoms. The number of nitrogens with two attached hydrogens (primary N) is 1. The lowest BCUT2D eigenvalue weighted by Crippen LogP contribution is -2.10. The zero-order valence-electron chi connectivity index (χ0n) is 9.23. The highest BCUT2D eigenvalue weighted by Gasteiger charge is 2.20. The summed E-state index contributed by atoms with van der Waals surface area (Å²) in [4.78, 5) is 10.9. The van der Waals surface area contributed by atoms with Crippen LogP contribution >= 0.6 is 0 Å². The maximum absolute atomic E-state index is 11.4. The first kappa shape index (κ1) is 12.5. The van der Waals surface area contributed by atoms with Crippen molar-refractivity contribution < 1.29 is 18.3 Å². The van der Waals surface area contributed by atoms with Gasteiger partial charge in [-0.15, -0.1) is 0 Å². The van der Waals surface area contributed by atoms with Crippen molar-refractivity contribution in [2.45, 2.75) is 18.7 Å². The molecule has 0 aliphatic rings. The Labute approximate surface area is 93.8 Å². The van der Waals surface area contributed by atoms with Crippen molar-refractivity contribution in [3.8, 4) is 0 Å². The fourth-order valence-electron chi connectivity index (χ4n) is 1.51. The summed E-state index contributed by atoms with van der Waals surface area (Å²) in [5.41, 5.74) is 6.60. The van der Waals surface area contributed by atoms with Gasteiger partial charge in [-0.05, 0) is 31.0 Å². The third-order valence-corrected chi connectivity index (χ3v) is 3.71. The van der Waals surface area contributed by atoms with Crippen LogP contribution in [0.4, 0.5) is 5.69 Å². The molecule has 0 unspecified atom stereocenters. The Hall–Kier alpha value is -1.56. The number of aromatic carboxylic acids is 1. The average Bonchev–Trinajstić information content (AvgIpc) is 2.11. The fourth-order valence-corrected chi connectivity index (χ4v) is 2.51. The van der Waals surface area contributed by atoms with Gasteiger partial charge in [0, 0.05) is 11.9 Å². The Morgan fingerprint density at radius 1 is 1.31 bits per heavy atom. The number of rotatable bonds is 2. The zero-order chi connectivity index (χ0) is 12.7. The SMILES string of the molecule is Cc1c(C(=O)O)cc(S(C)(=O)=O)c(C)c1N. The standard InChI is InChI=1S/C10H13NO4S/c1-5-7(10(12)13)4-8(16(3,14)15)6(2)9(5)11/h4H,11H2,1-3H3,(H,12,13). The lowest BCUT2D eigenvalue weighted by molar-refractivity contribution is 0.0696. The van der Waals surface area contributed by atoms with Crippen LogP contribution in [0.2, 0.25) is 0 Å². The Morgan fingerprint density at radius 2 is 1.81 bits per heavy atom. The van der Waals surface area contributed by atoms with Crippen molar-refractivity contribution in [3.05, 3.63) is 22.8 Å². The van der Waals surface area contributed by atoms with E-state index in [0.29, 0.717) is 11.1 Å². The first-order valence-electron chi connectivity index (χ1n) is 4.49. The molecule has 0 amide bonds. The van der Waals surface area contributed by atoms with E-state index in [4.69, 9.17) is 10.8 Å².